The van der Waals surface area contributed by atoms with Crippen LogP contribution in [0.1, 0.15) is 43.7 Å². The molecule has 1 N–H and O–H groups in total. The maximum atomic E-state index is 13.1. The number of fused-ring (bicyclic) bond motifs is 1. The van der Waals surface area contributed by atoms with Crippen molar-refractivity contribution in [2.45, 2.75) is 50.3 Å². The van der Waals surface area contributed by atoms with E-state index in [4.69, 9.17) is 0 Å². The number of rotatable bonds is 8. The lowest BCUT2D eigenvalue weighted by molar-refractivity contribution is -0.121. The monoisotopic (exact) mass is 400 g/mol. The van der Waals surface area contributed by atoms with Gasteiger partial charge in [0.25, 0.3) is 10.0 Å². The fourth-order valence-corrected chi connectivity index (χ4v) is 5.00. The van der Waals surface area contributed by atoms with E-state index >= 15 is 0 Å². The molecule has 0 unspecified atom stereocenters. The summed E-state index contributed by atoms with van der Waals surface area (Å²) in [5, 5.41) is 2.90. The van der Waals surface area contributed by atoms with Crippen molar-refractivity contribution in [1.82, 2.24) is 5.32 Å². The van der Waals surface area contributed by atoms with Crippen molar-refractivity contribution in [3.05, 3.63) is 59.7 Å². The van der Waals surface area contributed by atoms with Gasteiger partial charge in [0.05, 0.1) is 10.6 Å². The Labute approximate surface area is 167 Å². The number of hydrogen-bond donors (Lipinski definition) is 1. The van der Waals surface area contributed by atoms with Crippen molar-refractivity contribution in [3.63, 3.8) is 0 Å². The molecule has 0 bridgehead atoms. The lowest BCUT2D eigenvalue weighted by atomic mass is 10.0. The lowest BCUT2D eigenvalue weighted by Gasteiger charge is -2.30. The van der Waals surface area contributed by atoms with Gasteiger partial charge < -0.3 is 5.32 Å². The third-order valence-electron chi connectivity index (χ3n) is 5.07. The number of nitrogens with zero attached hydrogens (tertiary/aromatic N) is 1. The number of carbonyl (C=O) groups excluding carboxylic acids is 1. The van der Waals surface area contributed by atoms with Gasteiger partial charge in [-0.25, -0.2) is 8.42 Å². The second kappa shape index (κ2) is 9.24. The fraction of sp³-hybridized carbons (Fsp3) is 0.409. The summed E-state index contributed by atoms with van der Waals surface area (Å²) in [7, 11) is -3.58. The molecule has 1 amide bonds. The lowest BCUT2D eigenvalue weighted by Crippen LogP contribution is -2.35. The Kier molecular flexibility index (Phi) is 6.73. The number of unbranched alkanes of at least 4 members (excludes halogenated alkanes) is 1. The van der Waals surface area contributed by atoms with E-state index in [9.17, 15) is 13.2 Å². The highest BCUT2D eigenvalue weighted by atomic mass is 32.2. The minimum absolute atomic E-state index is 0.0371. The molecule has 0 aromatic heterocycles. The predicted molar refractivity (Wildman–Crippen MR) is 112 cm³/mol. The average Bonchev–Trinajstić information content (AvgIpc) is 2.72. The van der Waals surface area contributed by atoms with E-state index in [1.807, 2.05) is 36.4 Å². The van der Waals surface area contributed by atoms with E-state index in [-0.39, 0.29) is 5.91 Å². The van der Waals surface area contributed by atoms with Gasteiger partial charge in [-0.1, -0.05) is 43.7 Å². The molecule has 2 aromatic rings. The van der Waals surface area contributed by atoms with E-state index < -0.39 is 10.0 Å². The molecular weight excluding hydrogens is 372 g/mol. The van der Waals surface area contributed by atoms with E-state index in [1.165, 1.54) is 4.31 Å². The first-order valence-corrected chi connectivity index (χ1v) is 11.4. The van der Waals surface area contributed by atoms with Crippen LogP contribution in [0.3, 0.4) is 0 Å². The van der Waals surface area contributed by atoms with Gasteiger partial charge in [-0.2, -0.15) is 0 Å². The molecule has 0 aliphatic carbocycles. The molecule has 1 aliphatic heterocycles. The Hall–Kier alpha value is -2.34. The van der Waals surface area contributed by atoms with Gasteiger partial charge in [0.1, 0.15) is 0 Å². The topological polar surface area (TPSA) is 66.5 Å². The van der Waals surface area contributed by atoms with Gasteiger partial charge in [0.15, 0.2) is 0 Å². The summed E-state index contributed by atoms with van der Waals surface area (Å²) in [6.07, 6.45) is 4.78. The molecule has 3 rings (SSSR count). The van der Waals surface area contributed by atoms with Crippen LogP contribution in [0, 0.1) is 0 Å². The normalized spacial score (nSPS) is 13.8. The third kappa shape index (κ3) is 4.73. The van der Waals surface area contributed by atoms with E-state index in [1.54, 1.807) is 12.1 Å². The second-order valence-corrected chi connectivity index (χ2v) is 9.02. The molecule has 1 heterocycles. The summed E-state index contributed by atoms with van der Waals surface area (Å²) < 4.78 is 27.8. The summed E-state index contributed by atoms with van der Waals surface area (Å²) in [6, 6.07) is 14.6. The molecule has 0 saturated carbocycles. The van der Waals surface area contributed by atoms with E-state index in [0.717, 1.165) is 42.5 Å². The number of nitrogens with one attached hydrogen (secondary N) is 1. The van der Waals surface area contributed by atoms with Gasteiger partial charge in [-0.15, -0.1) is 0 Å². The van der Waals surface area contributed by atoms with Crippen LogP contribution in [-0.2, 0) is 27.7 Å². The Balaban J connectivity index is 1.67. The molecule has 0 atom stereocenters. The van der Waals surface area contributed by atoms with Crippen LogP contribution in [0.4, 0.5) is 5.69 Å². The van der Waals surface area contributed by atoms with E-state index in [2.05, 4.69) is 12.2 Å². The van der Waals surface area contributed by atoms with Crippen LogP contribution in [0.15, 0.2) is 53.4 Å². The number of carbonyl (C=O) groups is 1. The van der Waals surface area contributed by atoms with Crippen LogP contribution < -0.4 is 9.62 Å². The van der Waals surface area contributed by atoms with Crippen molar-refractivity contribution >= 4 is 21.6 Å². The van der Waals surface area contributed by atoms with Gasteiger partial charge in [0, 0.05) is 19.5 Å². The standard InChI is InChI=1S/C22H28N2O3S/c1-2-3-16-23-22(25)15-12-18-10-13-20(14-11-18)28(26,27)24-17-6-8-19-7-4-5-9-21(19)24/h4-5,7,9-11,13-14H,2-3,6,8,12,15-17H2,1H3,(H,23,25). The minimum Gasteiger partial charge on any atom is -0.356 e. The van der Waals surface area contributed by atoms with Gasteiger partial charge in [-0.05, 0) is 55.0 Å². The Morgan fingerprint density at radius 1 is 1.11 bits per heavy atom. The molecule has 28 heavy (non-hydrogen) atoms. The quantitative estimate of drug-likeness (QED) is 0.688. The Morgan fingerprint density at radius 3 is 2.61 bits per heavy atom. The summed E-state index contributed by atoms with van der Waals surface area (Å²) >= 11 is 0. The Morgan fingerprint density at radius 2 is 1.86 bits per heavy atom. The number of benzene rings is 2. The summed E-state index contributed by atoms with van der Waals surface area (Å²) in [4.78, 5) is 12.1. The number of para-hydroxylation sites is 1. The molecule has 1 aliphatic rings. The first-order valence-electron chi connectivity index (χ1n) is 9.98. The summed E-state index contributed by atoms with van der Waals surface area (Å²) in [5.74, 6) is 0.0371. The van der Waals surface area contributed by atoms with Gasteiger partial charge >= 0.3 is 0 Å². The molecule has 6 heteroatoms. The zero-order valence-electron chi connectivity index (χ0n) is 16.4. The average molecular weight is 401 g/mol. The molecule has 5 nitrogen and oxygen atoms in total. The van der Waals surface area contributed by atoms with Crippen LogP contribution in [-0.4, -0.2) is 27.4 Å². The highest BCUT2D eigenvalue weighted by Gasteiger charge is 2.28. The van der Waals surface area contributed by atoms with Crippen molar-refractivity contribution in [3.8, 4) is 0 Å². The fourth-order valence-electron chi connectivity index (χ4n) is 3.45. The van der Waals surface area contributed by atoms with Crippen molar-refractivity contribution in [1.29, 1.82) is 0 Å². The highest BCUT2D eigenvalue weighted by molar-refractivity contribution is 7.92. The number of anilines is 1. The number of hydrogen-bond acceptors (Lipinski definition) is 3. The first kappa shape index (κ1) is 20.4. The maximum Gasteiger partial charge on any atom is 0.264 e. The molecule has 150 valence electrons. The number of amides is 1. The molecule has 0 spiro atoms. The van der Waals surface area contributed by atoms with Crippen LogP contribution in [0.25, 0.3) is 0 Å². The van der Waals surface area contributed by atoms with Gasteiger partial charge in [-0.3, -0.25) is 9.10 Å². The SMILES string of the molecule is CCCCNC(=O)CCc1ccc(S(=O)(=O)N2CCCc3ccccc32)cc1. The minimum atomic E-state index is -3.58. The summed E-state index contributed by atoms with van der Waals surface area (Å²) in [5.41, 5.74) is 2.81. The molecule has 0 saturated heterocycles. The third-order valence-corrected chi connectivity index (χ3v) is 6.90. The van der Waals surface area contributed by atoms with Crippen LogP contribution in [0.2, 0.25) is 0 Å². The van der Waals surface area contributed by atoms with Crippen molar-refractivity contribution < 1.29 is 13.2 Å². The highest BCUT2D eigenvalue weighted by Crippen LogP contribution is 2.31. The first-order chi connectivity index (χ1) is 13.5. The number of sulfonamides is 1. The largest absolute Gasteiger partial charge is 0.356 e. The zero-order chi connectivity index (χ0) is 20.0. The maximum absolute atomic E-state index is 13.1. The number of aryl methyl sites for hydroxylation is 2. The zero-order valence-corrected chi connectivity index (χ0v) is 17.2. The molecule has 0 radical (unpaired) electrons. The summed E-state index contributed by atoms with van der Waals surface area (Å²) in [6.45, 7) is 3.30. The van der Waals surface area contributed by atoms with Gasteiger partial charge in [0.2, 0.25) is 5.91 Å². The smallest absolute Gasteiger partial charge is 0.264 e. The molecular formula is C22H28N2O3S. The predicted octanol–water partition coefficient (Wildman–Crippen LogP) is 3.68. The molecule has 0 fully saturated rings. The Bertz CT molecular complexity index is 908. The van der Waals surface area contributed by atoms with Crippen molar-refractivity contribution in [2.75, 3.05) is 17.4 Å². The van der Waals surface area contributed by atoms with Crippen molar-refractivity contribution in [2.24, 2.45) is 0 Å². The second-order valence-electron chi connectivity index (χ2n) is 7.16. The molecule has 2 aromatic carbocycles. The van der Waals surface area contributed by atoms with Crippen LogP contribution in [0.5, 0.6) is 0 Å². The van der Waals surface area contributed by atoms with E-state index in [0.29, 0.717) is 30.8 Å². The van der Waals surface area contributed by atoms with Crippen LogP contribution >= 0.6 is 0 Å².